The molecule has 1 amide bonds. The smallest absolute Gasteiger partial charge is 0.225 e. The van der Waals surface area contributed by atoms with Crippen LogP contribution in [0.3, 0.4) is 0 Å². The highest BCUT2D eigenvalue weighted by Crippen LogP contribution is 2.35. The van der Waals surface area contributed by atoms with Crippen molar-refractivity contribution in [2.24, 2.45) is 22.7 Å². The molecular weight excluding hydrogens is 350 g/mol. The lowest BCUT2D eigenvalue weighted by Gasteiger charge is -2.36. The summed E-state index contributed by atoms with van der Waals surface area (Å²) >= 11 is 0. The first-order valence-electron chi connectivity index (χ1n) is 11.7. The first-order chi connectivity index (χ1) is 13.7. The van der Waals surface area contributed by atoms with E-state index in [0.717, 1.165) is 69.9 Å². The van der Waals surface area contributed by atoms with Crippen molar-refractivity contribution < 1.29 is 4.79 Å². The quantitative estimate of drug-likeness (QED) is 0.590. The van der Waals surface area contributed by atoms with Gasteiger partial charge in [0.25, 0.3) is 0 Å². The van der Waals surface area contributed by atoms with Gasteiger partial charge in [0.1, 0.15) is 0 Å². The van der Waals surface area contributed by atoms with Gasteiger partial charge in [-0.25, -0.2) is 0 Å². The number of piperazine rings is 1. The van der Waals surface area contributed by atoms with E-state index in [-0.39, 0.29) is 0 Å². The second-order valence-electron chi connectivity index (χ2n) is 9.33. The van der Waals surface area contributed by atoms with Crippen molar-refractivity contribution in [3.05, 3.63) is 0 Å². The zero-order chi connectivity index (χ0) is 19.3. The van der Waals surface area contributed by atoms with E-state index in [2.05, 4.69) is 25.0 Å². The number of rotatable bonds is 4. The first kappa shape index (κ1) is 20.0. The Bertz CT molecular complexity index is 537. The van der Waals surface area contributed by atoms with E-state index in [1.54, 1.807) is 0 Å². The molecule has 2 aliphatic carbocycles. The Balaban J connectivity index is 1.16. The van der Waals surface area contributed by atoms with E-state index in [9.17, 15) is 4.79 Å². The Hall–Kier alpha value is -1.30. The monoisotopic (exact) mass is 389 g/mol. The number of aliphatic imine (C=N–C) groups is 1. The van der Waals surface area contributed by atoms with Crippen LogP contribution in [0.4, 0.5) is 0 Å². The van der Waals surface area contributed by atoms with E-state index in [4.69, 9.17) is 0 Å². The lowest BCUT2D eigenvalue weighted by atomic mass is 9.82. The summed E-state index contributed by atoms with van der Waals surface area (Å²) in [5.74, 6) is 3.60. The number of fused-ring (bicyclic) bond motifs is 1. The minimum atomic E-state index is 0.320. The zero-order valence-electron chi connectivity index (χ0n) is 17.7. The van der Waals surface area contributed by atoms with Gasteiger partial charge in [-0.3, -0.25) is 14.7 Å². The minimum Gasteiger partial charge on any atom is -0.355 e. The van der Waals surface area contributed by atoms with Gasteiger partial charge in [-0.15, -0.1) is 0 Å². The Labute approximate surface area is 170 Å². The molecule has 0 aromatic rings. The molecule has 2 atom stereocenters. The third-order valence-electron chi connectivity index (χ3n) is 7.59. The third kappa shape index (κ3) is 4.64. The maximum absolute atomic E-state index is 12.6. The molecule has 0 radical (unpaired) electrons. The molecule has 2 saturated carbocycles. The molecular formula is C22H39N5O. The van der Waals surface area contributed by atoms with E-state index in [1.165, 1.54) is 51.6 Å². The fourth-order valence-electron chi connectivity index (χ4n) is 5.86. The minimum absolute atomic E-state index is 0.320. The molecule has 1 N–H and O–H groups in total. The van der Waals surface area contributed by atoms with Gasteiger partial charge in [0, 0.05) is 65.3 Å². The van der Waals surface area contributed by atoms with E-state index < -0.39 is 0 Å². The lowest BCUT2D eigenvalue weighted by Crippen LogP contribution is -2.52. The van der Waals surface area contributed by atoms with Crippen molar-refractivity contribution in [3.8, 4) is 0 Å². The van der Waals surface area contributed by atoms with Crippen LogP contribution in [0.2, 0.25) is 0 Å². The molecule has 2 unspecified atom stereocenters. The number of nitrogens with zero attached hydrogens (tertiary/aromatic N) is 4. The molecule has 28 heavy (non-hydrogen) atoms. The van der Waals surface area contributed by atoms with Crippen molar-refractivity contribution in [1.82, 2.24) is 20.0 Å². The third-order valence-corrected chi connectivity index (χ3v) is 7.59. The van der Waals surface area contributed by atoms with Gasteiger partial charge >= 0.3 is 0 Å². The summed E-state index contributed by atoms with van der Waals surface area (Å²) in [7, 11) is 1.91. The average molecular weight is 390 g/mol. The Morgan fingerprint density at radius 3 is 2.11 bits per heavy atom. The largest absolute Gasteiger partial charge is 0.355 e. The Morgan fingerprint density at radius 1 is 0.893 bits per heavy atom. The van der Waals surface area contributed by atoms with Crippen molar-refractivity contribution in [3.63, 3.8) is 0 Å². The van der Waals surface area contributed by atoms with Crippen LogP contribution >= 0.6 is 0 Å². The fourth-order valence-corrected chi connectivity index (χ4v) is 5.86. The van der Waals surface area contributed by atoms with Crippen molar-refractivity contribution in [1.29, 1.82) is 0 Å². The molecule has 2 aliphatic heterocycles. The van der Waals surface area contributed by atoms with Gasteiger partial charge in [-0.05, 0) is 37.5 Å². The number of amides is 1. The van der Waals surface area contributed by atoms with Gasteiger partial charge < -0.3 is 15.1 Å². The van der Waals surface area contributed by atoms with E-state index >= 15 is 0 Å². The molecule has 0 aromatic heterocycles. The van der Waals surface area contributed by atoms with Crippen LogP contribution in [-0.4, -0.2) is 86.0 Å². The molecule has 4 fully saturated rings. The second-order valence-corrected chi connectivity index (χ2v) is 9.33. The Kier molecular flexibility index (Phi) is 6.76. The number of carbonyl (C=O) groups excluding carboxylic acids is 1. The summed E-state index contributed by atoms with van der Waals surface area (Å²) in [6.07, 6.45) is 10.3. The average Bonchev–Trinajstić information content (AvgIpc) is 3.41. The summed E-state index contributed by atoms with van der Waals surface area (Å²) in [6, 6.07) is 0. The summed E-state index contributed by atoms with van der Waals surface area (Å²) in [6.45, 7) is 8.16. The second kappa shape index (κ2) is 9.47. The predicted octanol–water partition coefficient (Wildman–Crippen LogP) is 2.02. The van der Waals surface area contributed by atoms with Crippen LogP contribution in [0, 0.1) is 17.8 Å². The van der Waals surface area contributed by atoms with Crippen LogP contribution in [-0.2, 0) is 4.79 Å². The van der Waals surface area contributed by atoms with Crippen molar-refractivity contribution in [2.75, 3.05) is 59.4 Å². The summed E-state index contributed by atoms with van der Waals surface area (Å²) in [5.41, 5.74) is 0. The van der Waals surface area contributed by atoms with Crippen LogP contribution in [0.25, 0.3) is 0 Å². The maximum Gasteiger partial charge on any atom is 0.225 e. The van der Waals surface area contributed by atoms with Crippen LogP contribution in [0.15, 0.2) is 4.99 Å². The molecule has 158 valence electrons. The zero-order valence-corrected chi connectivity index (χ0v) is 17.7. The number of nitrogens with one attached hydrogen (secondary N) is 1. The predicted molar refractivity (Wildman–Crippen MR) is 113 cm³/mol. The van der Waals surface area contributed by atoms with Crippen LogP contribution < -0.4 is 5.32 Å². The van der Waals surface area contributed by atoms with E-state index in [1.807, 2.05) is 7.05 Å². The van der Waals surface area contributed by atoms with Crippen molar-refractivity contribution >= 4 is 11.9 Å². The van der Waals surface area contributed by atoms with E-state index in [0.29, 0.717) is 11.8 Å². The number of hydrogen-bond donors (Lipinski definition) is 1. The molecule has 0 bridgehead atoms. The molecule has 2 saturated heterocycles. The lowest BCUT2D eigenvalue weighted by molar-refractivity contribution is -0.137. The number of carbonyl (C=O) groups is 1. The van der Waals surface area contributed by atoms with Crippen LogP contribution in [0.1, 0.15) is 51.4 Å². The molecule has 6 heteroatoms. The highest BCUT2D eigenvalue weighted by atomic mass is 16.2. The summed E-state index contributed by atoms with van der Waals surface area (Å²) in [4.78, 5) is 24.2. The van der Waals surface area contributed by atoms with Gasteiger partial charge in [-0.2, -0.15) is 0 Å². The van der Waals surface area contributed by atoms with Gasteiger partial charge in [-0.1, -0.05) is 25.7 Å². The topological polar surface area (TPSA) is 51.2 Å². The summed E-state index contributed by atoms with van der Waals surface area (Å²) < 4.78 is 0. The summed E-state index contributed by atoms with van der Waals surface area (Å²) in [5, 5.41) is 3.60. The standard InChI is InChI=1S/C22H39N5O/c1-23-22(27-16-19-8-4-5-9-20(19)17-27)24-10-11-25-12-14-26(15-13-25)21(28)18-6-2-3-7-18/h18-20H,2-17H2,1H3,(H,23,24). The highest BCUT2D eigenvalue weighted by Gasteiger charge is 2.35. The first-order valence-corrected chi connectivity index (χ1v) is 11.7. The van der Waals surface area contributed by atoms with Gasteiger partial charge in [0.05, 0.1) is 0 Å². The Morgan fingerprint density at radius 2 is 1.50 bits per heavy atom. The molecule has 2 heterocycles. The number of guanidine groups is 1. The molecule has 4 rings (SSSR count). The number of hydrogen-bond acceptors (Lipinski definition) is 3. The maximum atomic E-state index is 12.6. The molecule has 6 nitrogen and oxygen atoms in total. The number of likely N-dealkylation sites (tertiary alicyclic amines) is 1. The SMILES string of the molecule is CN=C(NCCN1CCN(C(=O)C2CCCC2)CC1)N1CC2CCCCC2C1. The normalized spacial score (nSPS) is 30.0. The van der Waals surface area contributed by atoms with Gasteiger partial charge in [0.2, 0.25) is 5.91 Å². The highest BCUT2D eigenvalue weighted by molar-refractivity contribution is 5.80. The molecule has 0 aromatic carbocycles. The van der Waals surface area contributed by atoms with Crippen molar-refractivity contribution in [2.45, 2.75) is 51.4 Å². The fraction of sp³-hybridized carbons (Fsp3) is 0.909. The molecule has 0 spiro atoms. The van der Waals surface area contributed by atoms with Crippen LogP contribution in [0.5, 0.6) is 0 Å². The molecule has 4 aliphatic rings. The van der Waals surface area contributed by atoms with Gasteiger partial charge in [0.15, 0.2) is 5.96 Å².